The zero-order chi connectivity index (χ0) is 19.8. The van der Waals surface area contributed by atoms with E-state index in [1.807, 2.05) is 31.2 Å². The summed E-state index contributed by atoms with van der Waals surface area (Å²) in [5, 5.41) is 6.85. The number of esters is 1. The summed E-state index contributed by atoms with van der Waals surface area (Å²) in [4.78, 5) is 11.7. The van der Waals surface area contributed by atoms with Crippen molar-refractivity contribution >= 4 is 40.6 Å². The highest BCUT2D eigenvalue weighted by molar-refractivity contribution is 7.80. The van der Waals surface area contributed by atoms with Crippen molar-refractivity contribution in [2.75, 3.05) is 26.1 Å². The molecule has 8 heteroatoms. The largest absolute Gasteiger partial charge is 0.497 e. The zero-order valence-electron chi connectivity index (χ0n) is 15.2. The van der Waals surface area contributed by atoms with E-state index >= 15 is 0 Å². The van der Waals surface area contributed by atoms with Gasteiger partial charge in [-0.3, -0.25) is 0 Å². The lowest BCUT2D eigenvalue weighted by Crippen LogP contribution is -2.39. The van der Waals surface area contributed by atoms with Gasteiger partial charge in [-0.05, 0) is 61.6 Å². The average Bonchev–Trinajstić information content (AvgIpc) is 2.67. The van der Waals surface area contributed by atoms with E-state index in [9.17, 15) is 4.79 Å². The maximum absolute atomic E-state index is 11.7. The summed E-state index contributed by atoms with van der Waals surface area (Å²) in [5.74, 6) is 1.00. The van der Waals surface area contributed by atoms with E-state index in [0.29, 0.717) is 22.4 Å². The van der Waals surface area contributed by atoms with Crippen LogP contribution in [0.3, 0.4) is 0 Å². The Labute approximate surface area is 168 Å². The van der Waals surface area contributed by atoms with Gasteiger partial charge in [0, 0.05) is 5.69 Å². The van der Waals surface area contributed by atoms with Crippen molar-refractivity contribution in [3.8, 4) is 11.5 Å². The van der Waals surface area contributed by atoms with E-state index in [4.69, 9.17) is 38.0 Å². The van der Waals surface area contributed by atoms with E-state index in [0.717, 1.165) is 11.5 Å². The van der Waals surface area contributed by atoms with E-state index in [1.165, 1.54) is 7.11 Å². The Kier molecular flexibility index (Phi) is 7.69. The molecular formula is C19H21ClN2O4S. The van der Waals surface area contributed by atoms with Crippen LogP contribution in [0.5, 0.6) is 11.5 Å². The van der Waals surface area contributed by atoms with Crippen molar-refractivity contribution in [1.82, 2.24) is 5.32 Å². The Morgan fingerprint density at radius 2 is 1.81 bits per heavy atom. The van der Waals surface area contributed by atoms with E-state index in [1.54, 1.807) is 25.3 Å². The Balaban J connectivity index is 1.86. The number of hydrogen-bond acceptors (Lipinski definition) is 5. The normalized spacial score (nSPS) is 11.3. The first-order valence-electron chi connectivity index (χ1n) is 8.15. The second-order valence-electron chi connectivity index (χ2n) is 5.67. The molecule has 0 aromatic heterocycles. The number of carbonyl (C=O) groups excluding carboxylic acids is 1. The summed E-state index contributed by atoms with van der Waals surface area (Å²) in [6.45, 7) is 2.36. The highest BCUT2D eigenvalue weighted by atomic mass is 35.5. The van der Waals surface area contributed by atoms with Gasteiger partial charge < -0.3 is 24.8 Å². The summed E-state index contributed by atoms with van der Waals surface area (Å²) in [6, 6.07) is 12.2. The molecule has 0 heterocycles. The number of nitrogens with one attached hydrogen (secondary N) is 2. The lowest BCUT2D eigenvalue weighted by molar-refractivity contribution is 0.0601. The SMILES string of the molecule is COC(=O)c1cc(NC(=S)N[C@H](C)COc2ccc(OC)cc2)ccc1Cl. The summed E-state index contributed by atoms with van der Waals surface area (Å²) >= 11 is 11.3. The second-order valence-corrected chi connectivity index (χ2v) is 6.49. The van der Waals surface area contributed by atoms with Gasteiger partial charge in [0.2, 0.25) is 0 Å². The molecule has 0 aliphatic rings. The van der Waals surface area contributed by atoms with E-state index in [2.05, 4.69) is 10.6 Å². The van der Waals surface area contributed by atoms with Crippen LogP contribution < -0.4 is 20.1 Å². The number of halogens is 1. The smallest absolute Gasteiger partial charge is 0.339 e. The maximum Gasteiger partial charge on any atom is 0.339 e. The molecule has 0 saturated carbocycles. The van der Waals surface area contributed by atoms with Crippen LogP contribution in [0.15, 0.2) is 42.5 Å². The number of rotatable bonds is 7. The minimum absolute atomic E-state index is 0.0421. The Bertz CT molecular complexity index is 799. The molecule has 0 aliphatic carbocycles. The van der Waals surface area contributed by atoms with Crippen LogP contribution in [0.25, 0.3) is 0 Å². The van der Waals surface area contributed by atoms with Crippen LogP contribution in [-0.2, 0) is 4.74 Å². The molecule has 0 spiro atoms. The van der Waals surface area contributed by atoms with E-state index in [-0.39, 0.29) is 11.6 Å². The molecule has 144 valence electrons. The van der Waals surface area contributed by atoms with Crippen molar-refractivity contribution in [2.24, 2.45) is 0 Å². The van der Waals surface area contributed by atoms with Gasteiger partial charge in [0.15, 0.2) is 5.11 Å². The van der Waals surface area contributed by atoms with Crippen LogP contribution in [0.1, 0.15) is 17.3 Å². The summed E-state index contributed by atoms with van der Waals surface area (Å²) in [7, 11) is 2.92. The second kappa shape index (κ2) is 9.99. The van der Waals surface area contributed by atoms with Crippen LogP contribution in [0.4, 0.5) is 5.69 Å². The molecule has 0 bridgehead atoms. The molecule has 0 radical (unpaired) electrons. The molecule has 2 aromatic rings. The zero-order valence-corrected chi connectivity index (χ0v) is 16.8. The fraction of sp³-hybridized carbons (Fsp3) is 0.263. The monoisotopic (exact) mass is 408 g/mol. The molecule has 0 unspecified atom stereocenters. The first-order valence-corrected chi connectivity index (χ1v) is 8.93. The number of carbonyl (C=O) groups is 1. The van der Waals surface area contributed by atoms with Crippen molar-refractivity contribution in [2.45, 2.75) is 13.0 Å². The number of ether oxygens (including phenoxy) is 3. The molecule has 0 fully saturated rings. The number of methoxy groups -OCH3 is 2. The van der Waals surface area contributed by atoms with Gasteiger partial charge >= 0.3 is 5.97 Å². The van der Waals surface area contributed by atoms with Gasteiger partial charge in [0.05, 0.1) is 30.8 Å². The van der Waals surface area contributed by atoms with Crippen LogP contribution in [0, 0.1) is 0 Å². The van der Waals surface area contributed by atoms with Gasteiger partial charge in [-0.25, -0.2) is 4.79 Å². The molecular weight excluding hydrogens is 388 g/mol. The predicted octanol–water partition coefficient (Wildman–Crippen LogP) is 3.89. The Morgan fingerprint density at radius 3 is 2.44 bits per heavy atom. The summed E-state index contributed by atoms with van der Waals surface area (Å²) in [5.41, 5.74) is 0.892. The number of benzene rings is 2. The van der Waals surface area contributed by atoms with Crippen LogP contribution in [0.2, 0.25) is 5.02 Å². The van der Waals surface area contributed by atoms with Crippen LogP contribution in [-0.4, -0.2) is 38.0 Å². The van der Waals surface area contributed by atoms with Gasteiger partial charge in [-0.2, -0.15) is 0 Å². The van der Waals surface area contributed by atoms with Crippen molar-refractivity contribution in [1.29, 1.82) is 0 Å². The van der Waals surface area contributed by atoms with Gasteiger partial charge in [-0.1, -0.05) is 11.6 Å². The van der Waals surface area contributed by atoms with E-state index < -0.39 is 5.97 Å². The third-order valence-corrected chi connectivity index (χ3v) is 4.12. The van der Waals surface area contributed by atoms with Crippen molar-refractivity contribution < 1.29 is 19.0 Å². The molecule has 1 atom stereocenters. The fourth-order valence-corrected chi connectivity index (χ4v) is 2.71. The highest BCUT2D eigenvalue weighted by Crippen LogP contribution is 2.21. The number of hydrogen-bond donors (Lipinski definition) is 2. The minimum atomic E-state index is -0.510. The molecule has 27 heavy (non-hydrogen) atoms. The fourth-order valence-electron chi connectivity index (χ4n) is 2.20. The van der Waals surface area contributed by atoms with Crippen molar-refractivity contribution in [3.63, 3.8) is 0 Å². The van der Waals surface area contributed by atoms with Gasteiger partial charge in [-0.15, -0.1) is 0 Å². The molecule has 0 saturated heterocycles. The molecule has 2 rings (SSSR count). The number of thiocarbonyl (C=S) groups is 1. The molecule has 6 nitrogen and oxygen atoms in total. The highest BCUT2D eigenvalue weighted by Gasteiger charge is 2.12. The predicted molar refractivity (Wildman–Crippen MR) is 110 cm³/mol. The average molecular weight is 409 g/mol. The molecule has 2 N–H and O–H groups in total. The Morgan fingerprint density at radius 1 is 1.15 bits per heavy atom. The molecule has 0 amide bonds. The first kappa shape index (κ1) is 20.8. The van der Waals surface area contributed by atoms with Gasteiger partial charge in [0.1, 0.15) is 18.1 Å². The first-order chi connectivity index (χ1) is 12.9. The van der Waals surface area contributed by atoms with Crippen LogP contribution >= 0.6 is 23.8 Å². The van der Waals surface area contributed by atoms with Gasteiger partial charge in [0.25, 0.3) is 0 Å². The summed E-state index contributed by atoms with van der Waals surface area (Å²) in [6.07, 6.45) is 0. The molecule has 0 aliphatic heterocycles. The summed E-state index contributed by atoms with van der Waals surface area (Å²) < 4.78 is 15.5. The lowest BCUT2D eigenvalue weighted by Gasteiger charge is -2.18. The lowest BCUT2D eigenvalue weighted by atomic mass is 10.2. The Hall–Kier alpha value is -2.51. The standard InChI is InChI=1S/C19H21ClN2O4S/c1-12(11-26-15-7-5-14(24-2)6-8-15)21-19(27)22-13-4-9-17(20)16(10-13)18(23)25-3/h4-10,12H,11H2,1-3H3,(H2,21,22,27)/t12-/m1/s1. The third-order valence-electron chi connectivity index (χ3n) is 3.57. The number of anilines is 1. The third kappa shape index (κ3) is 6.30. The van der Waals surface area contributed by atoms with Crippen molar-refractivity contribution in [3.05, 3.63) is 53.1 Å². The topological polar surface area (TPSA) is 68.8 Å². The molecule has 2 aromatic carbocycles. The quantitative estimate of drug-likeness (QED) is 0.532. The minimum Gasteiger partial charge on any atom is -0.497 e. The maximum atomic E-state index is 11.7.